The standard InChI is InChI=1S/C18H15BrN2O4S/c1-23-17(22)13-3-2-4-15(11-13)24-9-10-26-18-21-20-16(25-18)12-5-7-14(19)8-6-12/h2-8,11H,9-10H2,1H3. The van der Waals surface area contributed by atoms with Crippen LogP contribution in [0, 0.1) is 0 Å². The van der Waals surface area contributed by atoms with Crippen LogP contribution in [0.4, 0.5) is 0 Å². The van der Waals surface area contributed by atoms with Crippen LogP contribution in [0.15, 0.2) is 62.6 Å². The topological polar surface area (TPSA) is 74.5 Å². The molecule has 0 fully saturated rings. The molecule has 0 atom stereocenters. The second-order valence-corrected chi connectivity index (χ2v) is 7.06. The number of aromatic nitrogens is 2. The third-order valence-corrected chi connectivity index (χ3v) is 4.64. The number of carbonyl (C=O) groups excluding carboxylic acids is 1. The molecule has 0 saturated heterocycles. The van der Waals surface area contributed by atoms with E-state index in [1.807, 2.05) is 24.3 Å². The van der Waals surface area contributed by atoms with Crippen LogP contribution in [-0.2, 0) is 4.74 Å². The molecule has 0 aliphatic rings. The highest BCUT2D eigenvalue weighted by Crippen LogP contribution is 2.24. The molecule has 2 aromatic carbocycles. The van der Waals surface area contributed by atoms with E-state index >= 15 is 0 Å². The lowest BCUT2D eigenvalue weighted by Crippen LogP contribution is -2.03. The second kappa shape index (κ2) is 8.86. The fraction of sp³-hybridized carbons (Fsp3) is 0.167. The van der Waals surface area contributed by atoms with Crippen LogP contribution in [0.5, 0.6) is 5.75 Å². The Morgan fingerprint density at radius 2 is 2.00 bits per heavy atom. The van der Waals surface area contributed by atoms with Gasteiger partial charge in [-0.05, 0) is 42.5 Å². The lowest BCUT2D eigenvalue weighted by Gasteiger charge is -2.06. The summed E-state index contributed by atoms with van der Waals surface area (Å²) in [5, 5.41) is 8.56. The van der Waals surface area contributed by atoms with E-state index in [1.165, 1.54) is 18.9 Å². The number of hydrogen-bond donors (Lipinski definition) is 0. The highest BCUT2D eigenvalue weighted by molar-refractivity contribution is 9.10. The molecule has 134 valence electrons. The van der Waals surface area contributed by atoms with Crippen molar-refractivity contribution in [3.05, 3.63) is 58.6 Å². The Hall–Kier alpha value is -2.32. The normalized spacial score (nSPS) is 10.5. The summed E-state index contributed by atoms with van der Waals surface area (Å²) in [7, 11) is 1.35. The molecule has 0 amide bonds. The molecule has 3 aromatic rings. The van der Waals surface area contributed by atoms with Gasteiger partial charge >= 0.3 is 5.97 Å². The van der Waals surface area contributed by atoms with Gasteiger partial charge in [-0.1, -0.05) is 33.8 Å². The second-order valence-electron chi connectivity index (χ2n) is 5.10. The summed E-state index contributed by atoms with van der Waals surface area (Å²) in [6.07, 6.45) is 0. The maximum absolute atomic E-state index is 11.5. The van der Waals surface area contributed by atoms with Gasteiger partial charge in [0.2, 0.25) is 5.89 Å². The lowest BCUT2D eigenvalue weighted by atomic mass is 10.2. The van der Waals surface area contributed by atoms with E-state index in [4.69, 9.17) is 13.9 Å². The van der Waals surface area contributed by atoms with E-state index in [-0.39, 0.29) is 0 Å². The number of ether oxygens (including phenoxy) is 2. The molecule has 1 aromatic heterocycles. The van der Waals surface area contributed by atoms with Crippen molar-refractivity contribution in [3.8, 4) is 17.2 Å². The Morgan fingerprint density at radius 1 is 1.19 bits per heavy atom. The van der Waals surface area contributed by atoms with Gasteiger partial charge < -0.3 is 13.9 Å². The smallest absolute Gasteiger partial charge is 0.337 e. The number of carbonyl (C=O) groups is 1. The number of hydrogen-bond acceptors (Lipinski definition) is 7. The van der Waals surface area contributed by atoms with Gasteiger partial charge in [0.05, 0.1) is 19.3 Å². The fourth-order valence-electron chi connectivity index (χ4n) is 2.10. The van der Waals surface area contributed by atoms with E-state index < -0.39 is 5.97 Å². The van der Waals surface area contributed by atoms with Crippen molar-refractivity contribution < 1.29 is 18.7 Å². The molecule has 0 aliphatic heterocycles. The van der Waals surface area contributed by atoms with Crippen molar-refractivity contribution in [1.29, 1.82) is 0 Å². The van der Waals surface area contributed by atoms with Crippen molar-refractivity contribution in [2.24, 2.45) is 0 Å². The van der Waals surface area contributed by atoms with E-state index in [0.717, 1.165) is 10.0 Å². The molecule has 1 heterocycles. The minimum absolute atomic E-state index is 0.392. The molecular formula is C18H15BrN2O4S. The highest BCUT2D eigenvalue weighted by Gasteiger charge is 2.09. The van der Waals surface area contributed by atoms with Crippen LogP contribution in [-0.4, -0.2) is 35.6 Å². The van der Waals surface area contributed by atoms with Crippen LogP contribution >= 0.6 is 27.7 Å². The first-order valence-electron chi connectivity index (χ1n) is 7.69. The number of rotatable bonds is 7. The molecule has 0 N–H and O–H groups in total. The van der Waals surface area contributed by atoms with Crippen molar-refractivity contribution in [1.82, 2.24) is 10.2 Å². The molecule has 0 radical (unpaired) electrons. The Kier molecular flexibility index (Phi) is 6.30. The van der Waals surface area contributed by atoms with Crippen molar-refractivity contribution >= 4 is 33.7 Å². The third kappa shape index (κ3) is 4.86. The van der Waals surface area contributed by atoms with E-state index in [1.54, 1.807) is 24.3 Å². The van der Waals surface area contributed by atoms with Gasteiger partial charge in [-0.2, -0.15) is 0 Å². The molecule has 0 bridgehead atoms. The number of thioether (sulfide) groups is 1. The Bertz CT molecular complexity index is 883. The molecule has 0 saturated carbocycles. The quantitative estimate of drug-likeness (QED) is 0.308. The van der Waals surface area contributed by atoms with Crippen molar-refractivity contribution in [2.45, 2.75) is 5.22 Å². The van der Waals surface area contributed by atoms with Gasteiger partial charge in [-0.15, -0.1) is 10.2 Å². The maximum atomic E-state index is 11.5. The third-order valence-electron chi connectivity index (χ3n) is 3.33. The van der Waals surface area contributed by atoms with Gasteiger partial charge in [0.15, 0.2) is 0 Å². The molecular weight excluding hydrogens is 420 g/mol. The van der Waals surface area contributed by atoms with Gasteiger partial charge in [0, 0.05) is 15.8 Å². The first kappa shape index (κ1) is 18.5. The van der Waals surface area contributed by atoms with Crippen LogP contribution in [0.25, 0.3) is 11.5 Å². The molecule has 0 aliphatic carbocycles. The summed E-state index contributed by atoms with van der Waals surface area (Å²) in [6.45, 7) is 0.436. The van der Waals surface area contributed by atoms with Crippen LogP contribution in [0.1, 0.15) is 10.4 Å². The number of methoxy groups -OCH3 is 1. The SMILES string of the molecule is COC(=O)c1cccc(OCCSc2nnc(-c3ccc(Br)cc3)o2)c1. The monoisotopic (exact) mass is 434 g/mol. The molecule has 0 spiro atoms. The minimum Gasteiger partial charge on any atom is -0.493 e. The van der Waals surface area contributed by atoms with Gasteiger partial charge in [-0.3, -0.25) is 0 Å². The predicted molar refractivity (Wildman–Crippen MR) is 101 cm³/mol. The lowest BCUT2D eigenvalue weighted by molar-refractivity contribution is 0.0600. The van der Waals surface area contributed by atoms with E-state index in [9.17, 15) is 4.79 Å². The molecule has 8 heteroatoms. The highest BCUT2D eigenvalue weighted by atomic mass is 79.9. The summed E-state index contributed by atoms with van der Waals surface area (Å²) in [6, 6.07) is 14.5. The first-order valence-corrected chi connectivity index (χ1v) is 9.47. The average Bonchev–Trinajstić information content (AvgIpc) is 3.14. The number of esters is 1. The summed E-state index contributed by atoms with van der Waals surface area (Å²) >= 11 is 4.80. The zero-order valence-electron chi connectivity index (χ0n) is 13.8. The number of halogens is 1. The van der Waals surface area contributed by atoms with Gasteiger partial charge in [0.1, 0.15) is 5.75 Å². The number of nitrogens with zero attached hydrogens (tertiary/aromatic N) is 2. The first-order chi connectivity index (χ1) is 12.7. The Labute approximate surface area is 163 Å². The van der Waals surface area contributed by atoms with E-state index in [2.05, 4.69) is 26.1 Å². The van der Waals surface area contributed by atoms with Crippen LogP contribution in [0.2, 0.25) is 0 Å². The molecule has 6 nitrogen and oxygen atoms in total. The Balaban J connectivity index is 1.50. The van der Waals surface area contributed by atoms with Crippen LogP contribution in [0.3, 0.4) is 0 Å². The zero-order valence-corrected chi connectivity index (χ0v) is 16.2. The number of benzene rings is 2. The minimum atomic E-state index is -0.392. The predicted octanol–water partition coefficient (Wildman–Crippen LogP) is 4.46. The van der Waals surface area contributed by atoms with Crippen molar-refractivity contribution in [3.63, 3.8) is 0 Å². The molecule has 26 heavy (non-hydrogen) atoms. The average molecular weight is 435 g/mol. The van der Waals surface area contributed by atoms with Gasteiger partial charge in [-0.25, -0.2) is 4.79 Å². The summed E-state index contributed by atoms with van der Waals surface area (Å²) in [5.74, 6) is 1.32. The van der Waals surface area contributed by atoms with Gasteiger partial charge in [0.25, 0.3) is 5.22 Å². The zero-order chi connectivity index (χ0) is 18.4. The Morgan fingerprint density at radius 3 is 2.77 bits per heavy atom. The molecule has 3 rings (SSSR count). The summed E-state index contributed by atoms with van der Waals surface area (Å²) in [4.78, 5) is 11.5. The summed E-state index contributed by atoms with van der Waals surface area (Å²) < 4.78 is 17.0. The largest absolute Gasteiger partial charge is 0.493 e. The molecule has 0 unspecified atom stereocenters. The summed E-state index contributed by atoms with van der Waals surface area (Å²) in [5.41, 5.74) is 1.32. The van der Waals surface area contributed by atoms with Crippen molar-refractivity contribution in [2.75, 3.05) is 19.5 Å². The van der Waals surface area contributed by atoms with Crippen LogP contribution < -0.4 is 4.74 Å². The maximum Gasteiger partial charge on any atom is 0.337 e. The fourth-order valence-corrected chi connectivity index (χ4v) is 2.94. The van der Waals surface area contributed by atoms with E-state index in [0.29, 0.717) is 34.8 Å².